The predicted molar refractivity (Wildman–Crippen MR) is 107 cm³/mol. The van der Waals surface area contributed by atoms with Crippen molar-refractivity contribution >= 4 is 45.5 Å². The van der Waals surface area contributed by atoms with Crippen LogP contribution in [0.25, 0.3) is 11.4 Å². The molecule has 26 heavy (non-hydrogen) atoms. The van der Waals surface area contributed by atoms with Gasteiger partial charge in [0.25, 0.3) is 0 Å². The van der Waals surface area contributed by atoms with Crippen LogP contribution in [0, 0.1) is 13.8 Å². The molecule has 10 heteroatoms. The van der Waals surface area contributed by atoms with Crippen LogP contribution < -0.4 is 5.32 Å². The second kappa shape index (κ2) is 8.28. The minimum absolute atomic E-state index is 0.126. The number of aryl methyl sites for hydroxylation is 2. The van der Waals surface area contributed by atoms with Gasteiger partial charge in [-0.3, -0.25) is 10.1 Å². The first-order chi connectivity index (χ1) is 12.5. The molecule has 138 valence electrons. The molecular weight excluding hydrogens is 388 g/mol. The quantitative estimate of drug-likeness (QED) is 0.599. The summed E-state index contributed by atoms with van der Waals surface area (Å²) in [4.78, 5) is 13.4. The lowest BCUT2D eigenvalue weighted by molar-refractivity contribution is -0.113. The zero-order valence-electron chi connectivity index (χ0n) is 15.1. The Hall–Kier alpha value is -1.78. The van der Waals surface area contributed by atoms with Crippen molar-refractivity contribution in [1.29, 1.82) is 0 Å². The molecule has 0 radical (unpaired) electrons. The fourth-order valence-electron chi connectivity index (χ4n) is 2.62. The summed E-state index contributed by atoms with van der Waals surface area (Å²) >= 11 is 4.47. The second-order valence-corrected chi connectivity index (χ2v) is 8.76. The molecule has 1 N–H and O–H groups in total. The number of rotatable bonds is 7. The van der Waals surface area contributed by atoms with Gasteiger partial charge >= 0.3 is 0 Å². The molecule has 0 saturated heterocycles. The van der Waals surface area contributed by atoms with Gasteiger partial charge in [-0.1, -0.05) is 30.0 Å². The number of aromatic nitrogens is 5. The van der Waals surface area contributed by atoms with Crippen molar-refractivity contribution in [3.8, 4) is 11.4 Å². The molecule has 0 aliphatic rings. The van der Waals surface area contributed by atoms with E-state index in [2.05, 4.69) is 56.4 Å². The number of amides is 1. The number of thioether (sulfide) groups is 1. The Balaban J connectivity index is 1.73. The first-order valence-electron chi connectivity index (χ1n) is 8.26. The highest BCUT2D eigenvalue weighted by Gasteiger charge is 2.19. The summed E-state index contributed by atoms with van der Waals surface area (Å²) in [5.41, 5.74) is 2.46. The fourth-order valence-corrected chi connectivity index (χ4v) is 4.97. The molecule has 0 aliphatic heterocycles. The highest BCUT2D eigenvalue weighted by molar-refractivity contribution is 7.99. The summed E-state index contributed by atoms with van der Waals surface area (Å²) in [6, 6.07) is 0. The number of anilines is 1. The first kappa shape index (κ1) is 19.0. The van der Waals surface area contributed by atoms with Crippen LogP contribution in [0.4, 0.5) is 5.13 Å². The largest absolute Gasteiger partial charge is 0.302 e. The summed E-state index contributed by atoms with van der Waals surface area (Å²) in [7, 11) is 0. The summed E-state index contributed by atoms with van der Waals surface area (Å²) in [5.74, 6) is 0.996. The third-order valence-corrected chi connectivity index (χ3v) is 6.51. The molecule has 0 atom stereocenters. The van der Waals surface area contributed by atoms with Crippen LogP contribution in [0.15, 0.2) is 10.5 Å². The van der Waals surface area contributed by atoms with Gasteiger partial charge in [-0.05, 0) is 32.8 Å². The normalized spacial score (nSPS) is 11.1. The van der Waals surface area contributed by atoms with Crippen LogP contribution in [-0.2, 0) is 17.8 Å². The van der Waals surface area contributed by atoms with E-state index in [1.54, 1.807) is 11.3 Å². The maximum atomic E-state index is 12.1. The van der Waals surface area contributed by atoms with Gasteiger partial charge in [0.05, 0.1) is 5.75 Å². The van der Waals surface area contributed by atoms with Crippen molar-refractivity contribution in [2.45, 2.75) is 45.8 Å². The van der Waals surface area contributed by atoms with Crippen molar-refractivity contribution in [3.05, 3.63) is 20.8 Å². The summed E-state index contributed by atoms with van der Waals surface area (Å²) in [6.45, 7) is 8.95. The average Bonchev–Trinajstić information content (AvgIpc) is 3.30. The van der Waals surface area contributed by atoms with E-state index < -0.39 is 0 Å². The number of nitrogens with zero attached hydrogens (tertiary/aromatic N) is 5. The smallest absolute Gasteiger partial charge is 0.236 e. The molecule has 0 unspecified atom stereocenters. The Morgan fingerprint density at radius 3 is 2.69 bits per heavy atom. The molecule has 3 heterocycles. The Morgan fingerprint density at radius 2 is 2.04 bits per heavy atom. The van der Waals surface area contributed by atoms with Crippen LogP contribution in [0.5, 0.6) is 0 Å². The molecule has 0 fully saturated rings. The topological polar surface area (TPSA) is 85.6 Å². The number of hydrogen-bond donors (Lipinski definition) is 1. The molecule has 1 amide bonds. The summed E-state index contributed by atoms with van der Waals surface area (Å²) in [5, 5.41) is 23.5. The fraction of sp³-hybridized carbons (Fsp3) is 0.438. The number of hydrogen-bond acceptors (Lipinski definition) is 8. The van der Waals surface area contributed by atoms with Gasteiger partial charge in [0.2, 0.25) is 11.0 Å². The molecule has 0 spiro atoms. The van der Waals surface area contributed by atoms with Crippen LogP contribution in [0.2, 0.25) is 0 Å². The molecule has 0 aromatic carbocycles. The molecule has 7 nitrogen and oxygen atoms in total. The Morgan fingerprint density at radius 1 is 1.23 bits per heavy atom. The van der Waals surface area contributed by atoms with E-state index >= 15 is 0 Å². The van der Waals surface area contributed by atoms with E-state index in [-0.39, 0.29) is 11.7 Å². The molecule has 0 aliphatic carbocycles. The minimum atomic E-state index is -0.126. The lowest BCUT2D eigenvalue weighted by Crippen LogP contribution is -2.14. The second-order valence-electron chi connectivity index (χ2n) is 5.55. The molecular formula is C16H20N6OS3. The van der Waals surface area contributed by atoms with Crippen LogP contribution in [0.1, 0.15) is 29.3 Å². The van der Waals surface area contributed by atoms with E-state index in [1.165, 1.54) is 33.5 Å². The number of thiophene rings is 1. The van der Waals surface area contributed by atoms with E-state index in [1.807, 2.05) is 6.92 Å². The van der Waals surface area contributed by atoms with Crippen molar-refractivity contribution in [3.63, 3.8) is 0 Å². The third kappa shape index (κ3) is 3.97. The van der Waals surface area contributed by atoms with Crippen molar-refractivity contribution < 1.29 is 4.79 Å². The van der Waals surface area contributed by atoms with Crippen molar-refractivity contribution in [2.75, 3.05) is 11.1 Å². The zero-order valence-corrected chi connectivity index (χ0v) is 17.5. The average molecular weight is 409 g/mol. The van der Waals surface area contributed by atoms with E-state index in [9.17, 15) is 4.79 Å². The van der Waals surface area contributed by atoms with E-state index in [0.29, 0.717) is 5.13 Å². The molecule has 0 saturated carbocycles. The maximum absolute atomic E-state index is 12.1. The van der Waals surface area contributed by atoms with E-state index in [0.717, 1.165) is 34.5 Å². The Kier molecular flexibility index (Phi) is 6.05. The van der Waals surface area contributed by atoms with Gasteiger partial charge in [-0.25, -0.2) is 0 Å². The first-order valence-corrected chi connectivity index (χ1v) is 10.9. The van der Waals surface area contributed by atoms with Gasteiger partial charge in [-0.2, -0.15) is 0 Å². The standard InChI is InChI=1S/C16H20N6OS3/c1-5-11-9(3)24-7-12(11)14-19-21-16(22(14)6-2)25-8-13(23)17-15-20-18-10(4)26-15/h7H,5-6,8H2,1-4H3,(H,17,20,23). The molecule has 0 bridgehead atoms. The lowest BCUT2D eigenvalue weighted by Gasteiger charge is -2.08. The third-order valence-electron chi connectivity index (χ3n) is 3.84. The zero-order chi connectivity index (χ0) is 18.7. The van der Waals surface area contributed by atoms with Crippen LogP contribution in [0.3, 0.4) is 0 Å². The predicted octanol–water partition coefficient (Wildman–Crippen LogP) is 3.79. The SMILES string of the molecule is CCc1c(-c2nnc(SCC(=O)Nc3nnc(C)s3)n2CC)csc1C. The number of carbonyl (C=O) groups is 1. The molecule has 3 rings (SSSR count). The highest BCUT2D eigenvalue weighted by atomic mass is 32.2. The van der Waals surface area contributed by atoms with Gasteiger partial charge < -0.3 is 4.57 Å². The molecule has 3 aromatic heterocycles. The Labute approximate surface area is 164 Å². The summed E-state index contributed by atoms with van der Waals surface area (Å²) < 4.78 is 2.06. The van der Waals surface area contributed by atoms with Crippen molar-refractivity contribution in [1.82, 2.24) is 25.0 Å². The van der Waals surface area contributed by atoms with Crippen molar-refractivity contribution in [2.24, 2.45) is 0 Å². The monoisotopic (exact) mass is 408 g/mol. The number of nitrogens with one attached hydrogen (secondary N) is 1. The Bertz CT molecular complexity index is 913. The highest BCUT2D eigenvalue weighted by Crippen LogP contribution is 2.32. The van der Waals surface area contributed by atoms with Crippen LogP contribution >= 0.6 is 34.4 Å². The lowest BCUT2D eigenvalue weighted by atomic mass is 10.1. The summed E-state index contributed by atoms with van der Waals surface area (Å²) in [6.07, 6.45) is 0.966. The van der Waals surface area contributed by atoms with Gasteiger partial charge in [-0.15, -0.1) is 31.7 Å². The minimum Gasteiger partial charge on any atom is -0.302 e. The number of carbonyl (C=O) groups excluding carboxylic acids is 1. The molecule has 3 aromatic rings. The van der Waals surface area contributed by atoms with Gasteiger partial charge in [0.15, 0.2) is 11.0 Å². The van der Waals surface area contributed by atoms with Gasteiger partial charge in [0, 0.05) is 22.4 Å². The van der Waals surface area contributed by atoms with E-state index in [4.69, 9.17) is 0 Å². The maximum Gasteiger partial charge on any atom is 0.236 e. The van der Waals surface area contributed by atoms with Gasteiger partial charge in [0.1, 0.15) is 5.01 Å². The van der Waals surface area contributed by atoms with Crippen LogP contribution in [-0.4, -0.2) is 36.6 Å².